The predicted octanol–water partition coefficient (Wildman–Crippen LogP) is 3.28. The normalized spacial score (nSPS) is 12.7. The van der Waals surface area contributed by atoms with Gasteiger partial charge in [-0.3, -0.25) is 4.40 Å². The number of aromatic nitrogens is 3. The SMILES string of the molecule is OCc1ccc(-c2ccc3nnc(-c4ccc5c(c4)OCO5)n3c2)cc1. The van der Waals surface area contributed by atoms with E-state index >= 15 is 0 Å². The van der Waals surface area contributed by atoms with Crippen LogP contribution < -0.4 is 9.47 Å². The first-order chi connectivity index (χ1) is 12.8. The molecule has 0 saturated carbocycles. The second kappa shape index (κ2) is 5.86. The van der Waals surface area contributed by atoms with Crippen LogP contribution in [0.3, 0.4) is 0 Å². The zero-order valence-corrected chi connectivity index (χ0v) is 13.8. The van der Waals surface area contributed by atoms with Crippen molar-refractivity contribution in [3.8, 4) is 34.0 Å². The molecular formula is C20H15N3O3. The van der Waals surface area contributed by atoms with E-state index in [2.05, 4.69) is 10.2 Å². The van der Waals surface area contributed by atoms with Crippen molar-refractivity contribution in [2.24, 2.45) is 0 Å². The molecule has 1 N–H and O–H groups in total. The molecule has 0 bridgehead atoms. The summed E-state index contributed by atoms with van der Waals surface area (Å²) in [6, 6.07) is 17.5. The highest BCUT2D eigenvalue weighted by molar-refractivity contribution is 5.69. The highest BCUT2D eigenvalue weighted by Crippen LogP contribution is 2.35. The number of ether oxygens (including phenoxy) is 2. The minimum absolute atomic E-state index is 0.0407. The molecule has 6 nitrogen and oxygen atoms in total. The first kappa shape index (κ1) is 14.9. The fourth-order valence-electron chi connectivity index (χ4n) is 3.10. The standard InChI is InChI=1S/C20H15N3O3/c24-11-13-1-3-14(4-2-13)16-6-8-19-21-22-20(23(19)10-16)15-5-7-17-18(9-15)26-12-25-17/h1-10,24H,11-12H2. The van der Waals surface area contributed by atoms with Crippen LogP contribution in [0.15, 0.2) is 60.8 Å². The fraction of sp³-hybridized carbons (Fsp3) is 0.100. The Hall–Kier alpha value is -3.38. The van der Waals surface area contributed by atoms with Crippen molar-refractivity contribution < 1.29 is 14.6 Å². The largest absolute Gasteiger partial charge is 0.454 e. The zero-order valence-electron chi connectivity index (χ0n) is 13.8. The second-order valence-electron chi connectivity index (χ2n) is 6.09. The van der Waals surface area contributed by atoms with Crippen molar-refractivity contribution in [3.63, 3.8) is 0 Å². The molecule has 0 amide bonds. The monoisotopic (exact) mass is 345 g/mol. The van der Waals surface area contributed by atoms with Gasteiger partial charge in [-0.25, -0.2) is 0 Å². The Labute approximate surface area is 149 Å². The third-order valence-corrected chi connectivity index (χ3v) is 4.50. The van der Waals surface area contributed by atoms with E-state index in [4.69, 9.17) is 9.47 Å². The average molecular weight is 345 g/mol. The third-order valence-electron chi connectivity index (χ3n) is 4.50. The van der Waals surface area contributed by atoms with Gasteiger partial charge in [-0.05, 0) is 47.0 Å². The summed E-state index contributed by atoms with van der Waals surface area (Å²) in [5.74, 6) is 2.20. The topological polar surface area (TPSA) is 68.9 Å². The molecule has 1 aliphatic rings. The Morgan fingerprint density at radius 3 is 2.46 bits per heavy atom. The summed E-state index contributed by atoms with van der Waals surface area (Å²) < 4.78 is 12.8. The lowest BCUT2D eigenvalue weighted by Crippen LogP contribution is -1.93. The molecule has 0 radical (unpaired) electrons. The molecule has 0 spiro atoms. The fourth-order valence-corrected chi connectivity index (χ4v) is 3.10. The summed E-state index contributed by atoms with van der Waals surface area (Å²) in [6.07, 6.45) is 2.02. The number of fused-ring (bicyclic) bond motifs is 2. The maximum atomic E-state index is 9.20. The Bertz CT molecular complexity index is 1100. The lowest BCUT2D eigenvalue weighted by molar-refractivity contribution is 0.174. The van der Waals surface area contributed by atoms with Gasteiger partial charge in [-0.15, -0.1) is 10.2 Å². The first-order valence-electron chi connectivity index (χ1n) is 8.27. The molecule has 26 heavy (non-hydrogen) atoms. The highest BCUT2D eigenvalue weighted by Gasteiger charge is 2.16. The van der Waals surface area contributed by atoms with Crippen LogP contribution in [0.4, 0.5) is 0 Å². The highest BCUT2D eigenvalue weighted by atomic mass is 16.7. The number of aliphatic hydroxyl groups is 1. The van der Waals surface area contributed by atoms with Crippen LogP contribution in [0.25, 0.3) is 28.2 Å². The molecule has 6 heteroatoms. The van der Waals surface area contributed by atoms with E-state index in [1.807, 2.05) is 65.2 Å². The van der Waals surface area contributed by atoms with E-state index in [1.165, 1.54) is 0 Å². The second-order valence-corrected chi connectivity index (χ2v) is 6.09. The van der Waals surface area contributed by atoms with Gasteiger partial charge in [-0.2, -0.15) is 0 Å². The van der Waals surface area contributed by atoms with Crippen LogP contribution in [-0.4, -0.2) is 26.5 Å². The molecule has 0 fully saturated rings. The summed E-state index contributed by atoms with van der Waals surface area (Å²) in [7, 11) is 0. The lowest BCUT2D eigenvalue weighted by atomic mass is 10.1. The smallest absolute Gasteiger partial charge is 0.231 e. The summed E-state index contributed by atoms with van der Waals surface area (Å²) in [4.78, 5) is 0. The van der Waals surface area contributed by atoms with Crippen LogP contribution in [0.5, 0.6) is 11.5 Å². The van der Waals surface area contributed by atoms with Gasteiger partial charge < -0.3 is 14.6 Å². The lowest BCUT2D eigenvalue weighted by Gasteiger charge is -2.06. The average Bonchev–Trinajstić information content (AvgIpc) is 3.33. The number of nitrogens with zero attached hydrogens (tertiary/aromatic N) is 3. The van der Waals surface area contributed by atoms with Gasteiger partial charge in [0.25, 0.3) is 0 Å². The van der Waals surface area contributed by atoms with E-state index in [-0.39, 0.29) is 13.4 Å². The Kier molecular flexibility index (Phi) is 3.36. The minimum Gasteiger partial charge on any atom is -0.454 e. The molecule has 0 aliphatic carbocycles. The van der Waals surface area contributed by atoms with Gasteiger partial charge in [0, 0.05) is 11.8 Å². The maximum absolute atomic E-state index is 9.20. The quantitative estimate of drug-likeness (QED) is 0.617. The van der Waals surface area contributed by atoms with Crippen molar-refractivity contribution in [1.29, 1.82) is 0 Å². The molecule has 3 heterocycles. The van der Waals surface area contributed by atoms with Gasteiger partial charge in [0.2, 0.25) is 6.79 Å². The van der Waals surface area contributed by atoms with Gasteiger partial charge in [0.15, 0.2) is 23.0 Å². The van der Waals surface area contributed by atoms with Crippen LogP contribution in [0, 0.1) is 0 Å². The Morgan fingerprint density at radius 2 is 1.62 bits per heavy atom. The van der Waals surface area contributed by atoms with Crippen LogP contribution in [-0.2, 0) is 6.61 Å². The number of aliphatic hydroxyl groups excluding tert-OH is 1. The molecular weight excluding hydrogens is 330 g/mol. The van der Waals surface area contributed by atoms with Crippen molar-refractivity contribution in [2.45, 2.75) is 6.61 Å². The number of benzene rings is 2. The van der Waals surface area contributed by atoms with E-state index in [0.29, 0.717) is 0 Å². The molecule has 2 aromatic heterocycles. The van der Waals surface area contributed by atoms with E-state index in [0.717, 1.165) is 45.2 Å². The number of hydrogen-bond donors (Lipinski definition) is 1. The van der Waals surface area contributed by atoms with Crippen molar-refractivity contribution in [3.05, 3.63) is 66.4 Å². The zero-order chi connectivity index (χ0) is 17.5. The van der Waals surface area contributed by atoms with Crippen molar-refractivity contribution >= 4 is 5.65 Å². The molecule has 128 valence electrons. The molecule has 5 rings (SSSR count). The van der Waals surface area contributed by atoms with E-state index in [1.54, 1.807) is 0 Å². The van der Waals surface area contributed by atoms with Gasteiger partial charge in [-0.1, -0.05) is 24.3 Å². The predicted molar refractivity (Wildman–Crippen MR) is 95.9 cm³/mol. The Morgan fingerprint density at radius 1 is 0.846 bits per heavy atom. The van der Waals surface area contributed by atoms with Gasteiger partial charge in [0.05, 0.1) is 6.61 Å². The Balaban J connectivity index is 1.60. The first-order valence-corrected chi connectivity index (χ1v) is 8.27. The molecule has 0 atom stereocenters. The van der Waals surface area contributed by atoms with Crippen LogP contribution in [0.2, 0.25) is 0 Å². The maximum Gasteiger partial charge on any atom is 0.231 e. The number of pyridine rings is 1. The number of rotatable bonds is 3. The molecule has 4 aromatic rings. The third kappa shape index (κ3) is 2.39. The van der Waals surface area contributed by atoms with E-state index < -0.39 is 0 Å². The van der Waals surface area contributed by atoms with Crippen LogP contribution in [0.1, 0.15) is 5.56 Å². The van der Waals surface area contributed by atoms with Crippen LogP contribution >= 0.6 is 0 Å². The van der Waals surface area contributed by atoms with Crippen molar-refractivity contribution in [2.75, 3.05) is 6.79 Å². The van der Waals surface area contributed by atoms with E-state index in [9.17, 15) is 5.11 Å². The van der Waals surface area contributed by atoms with Crippen molar-refractivity contribution in [1.82, 2.24) is 14.6 Å². The summed E-state index contributed by atoms with van der Waals surface area (Å²) in [6.45, 7) is 0.284. The van der Waals surface area contributed by atoms with Gasteiger partial charge >= 0.3 is 0 Å². The summed E-state index contributed by atoms with van der Waals surface area (Å²) in [5, 5.41) is 17.8. The molecule has 1 aliphatic heterocycles. The summed E-state index contributed by atoms with van der Waals surface area (Å²) in [5.41, 5.74) is 4.68. The molecule has 2 aromatic carbocycles. The molecule has 0 unspecified atom stereocenters. The number of hydrogen-bond acceptors (Lipinski definition) is 5. The van der Waals surface area contributed by atoms with Gasteiger partial charge in [0.1, 0.15) is 0 Å². The minimum atomic E-state index is 0.0407. The summed E-state index contributed by atoms with van der Waals surface area (Å²) >= 11 is 0. The molecule has 0 saturated heterocycles.